The number of carbonyl (C=O) groups excluding carboxylic acids is 1. The molecule has 25 heavy (non-hydrogen) atoms. The van der Waals surface area contributed by atoms with Gasteiger partial charge in [0.1, 0.15) is 0 Å². The molecule has 140 valence electrons. The van der Waals surface area contributed by atoms with Crippen molar-refractivity contribution >= 4 is 11.9 Å². The van der Waals surface area contributed by atoms with Gasteiger partial charge in [-0.1, -0.05) is 30.3 Å². The topological polar surface area (TPSA) is 72.0 Å². The highest BCUT2D eigenvalue weighted by molar-refractivity contribution is 5.79. The van der Waals surface area contributed by atoms with Crippen LogP contribution in [0.4, 0.5) is 0 Å². The molecular weight excluding hydrogens is 318 g/mol. The number of benzene rings is 1. The van der Waals surface area contributed by atoms with Crippen LogP contribution in [-0.4, -0.2) is 45.3 Å². The van der Waals surface area contributed by atoms with Gasteiger partial charge in [-0.2, -0.15) is 0 Å². The van der Waals surface area contributed by atoms with E-state index in [2.05, 4.69) is 34.7 Å². The lowest BCUT2D eigenvalue weighted by Gasteiger charge is -2.14. The summed E-state index contributed by atoms with van der Waals surface area (Å²) in [6.07, 6.45) is 2.13. The number of ether oxygens (including phenoxy) is 2. The minimum absolute atomic E-state index is 0.0986. The fourth-order valence-electron chi connectivity index (χ4n) is 2.25. The molecule has 1 aromatic carbocycles. The van der Waals surface area contributed by atoms with E-state index in [1.54, 1.807) is 7.05 Å². The molecule has 0 spiro atoms. The second-order valence-electron chi connectivity index (χ2n) is 5.61. The van der Waals surface area contributed by atoms with Gasteiger partial charge in [-0.3, -0.25) is 9.79 Å². The molecule has 0 fully saturated rings. The molecule has 2 N–H and O–H groups in total. The van der Waals surface area contributed by atoms with Gasteiger partial charge in [0, 0.05) is 33.2 Å². The molecule has 0 saturated carbocycles. The van der Waals surface area contributed by atoms with E-state index in [0.717, 1.165) is 25.3 Å². The first-order valence-electron chi connectivity index (χ1n) is 8.94. The van der Waals surface area contributed by atoms with Crippen molar-refractivity contribution in [3.63, 3.8) is 0 Å². The maximum Gasteiger partial charge on any atom is 0.305 e. The fraction of sp³-hybridized carbons (Fsp3) is 0.579. The summed E-state index contributed by atoms with van der Waals surface area (Å²) in [6.45, 7) is 6.45. The van der Waals surface area contributed by atoms with E-state index in [4.69, 9.17) is 9.47 Å². The maximum absolute atomic E-state index is 11.2. The number of rotatable bonds is 11. The van der Waals surface area contributed by atoms with Crippen LogP contribution in [0.25, 0.3) is 0 Å². The lowest BCUT2D eigenvalue weighted by atomic mass is 10.1. The van der Waals surface area contributed by atoms with E-state index in [9.17, 15) is 4.79 Å². The highest BCUT2D eigenvalue weighted by Gasteiger charge is 2.05. The molecule has 0 aliphatic heterocycles. The highest BCUT2D eigenvalue weighted by atomic mass is 16.5. The molecule has 6 heteroatoms. The number of aliphatic imine (C=N–C) groups is 1. The molecule has 6 nitrogen and oxygen atoms in total. The largest absolute Gasteiger partial charge is 0.466 e. The average Bonchev–Trinajstić information content (AvgIpc) is 2.64. The summed E-state index contributed by atoms with van der Waals surface area (Å²) >= 11 is 0. The van der Waals surface area contributed by atoms with Gasteiger partial charge in [0.15, 0.2) is 5.96 Å². The van der Waals surface area contributed by atoms with Crippen LogP contribution in [-0.2, 0) is 14.3 Å². The van der Waals surface area contributed by atoms with Crippen molar-refractivity contribution < 1.29 is 14.3 Å². The smallest absolute Gasteiger partial charge is 0.305 e. The first kappa shape index (κ1) is 21.0. The van der Waals surface area contributed by atoms with Crippen molar-refractivity contribution in [1.82, 2.24) is 10.6 Å². The Morgan fingerprint density at radius 3 is 2.48 bits per heavy atom. The summed E-state index contributed by atoms with van der Waals surface area (Å²) in [5.74, 6) is 0.580. The molecule has 0 saturated heterocycles. The number of nitrogens with one attached hydrogen (secondary N) is 2. The zero-order valence-corrected chi connectivity index (χ0v) is 15.6. The Hall–Kier alpha value is -2.08. The van der Waals surface area contributed by atoms with Gasteiger partial charge in [-0.25, -0.2) is 0 Å². The Morgan fingerprint density at radius 1 is 1.16 bits per heavy atom. The van der Waals surface area contributed by atoms with Crippen molar-refractivity contribution in [3.8, 4) is 0 Å². The third-order valence-electron chi connectivity index (χ3n) is 3.63. The Kier molecular flexibility index (Phi) is 11.1. The van der Waals surface area contributed by atoms with Crippen molar-refractivity contribution in [2.24, 2.45) is 4.99 Å². The normalized spacial score (nSPS) is 12.5. The summed E-state index contributed by atoms with van der Waals surface area (Å²) in [7, 11) is 1.73. The van der Waals surface area contributed by atoms with Gasteiger partial charge in [-0.15, -0.1) is 0 Å². The third-order valence-corrected chi connectivity index (χ3v) is 3.63. The van der Waals surface area contributed by atoms with E-state index in [0.29, 0.717) is 26.2 Å². The Morgan fingerprint density at radius 2 is 1.84 bits per heavy atom. The van der Waals surface area contributed by atoms with E-state index in [-0.39, 0.29) is 12.1 Å². The predicted molar refractivity (Wildman–Crippen MR) is 101 cm³/mol. The first-order chi connectivity index (χ1) is 12.2. The molecule has 1 rings (SSSR count). The molecule has 0 aliphatic carbocycles. The van der Waals surface area contributed by atoms with Crippen LogP contribution >= 0.6 is 0 Å². The quantitative estimate of drug-likeness (QED) is 0.278. The first-order valence-corrected chi connectivity index (χ1v) is 8.94. The van der Waals surface area contributed by atoms with Gasteiger partial charge >= 0.3 is 5.97 Å². The zero-order valence-electron chi connectivity index (χ0n) is 15.6. The molecule has 1 unspecified atom stereocenters. The highest BCUT2D eigenvalue weighted by Crippen LogP contribution is 2.15. The Labute approximate surface area is 151 Å². The number of esters is 1. The lowest BCUT2D eigenvalue weighted by Crippen LogP contribution is -2.38. The molecule has 0 amide bonds. The number of hydrogen-bond donors (Lipinski definition) is 2. The average molecular weight is 349 g/mol. The van der Waals surface area contributed by atoms with Crippen LogP contribution < -0.4 is 10.6 Å². The minimum atomic E-state index is -0.156. The molecule has 0 bridgehead atoms. The molecule has 0 radical (unpaired) electrons. The summed E-state index contributed by atoms with van der Waals surface area (Å²) in [5, 5.41) is 6.42. The molecule has 0 aliphatic rings. The van der Waals surface area contributed by atoms with E-state index >= 15 is 0 Å². The minimum Gasteiger partial charge on any atom is -0.466 e. The molecule has 1 aromatic rings. The van der Waals surface area contributed by atoms with Crippen LogP contribution in [0, 0.1) is 0 Å². The number of nitrogens with zero attached hydrogens (tertiary/aromatic N) is 1. The number of guanidine groups is 1. The van der Waals surface area contributed by atoms with Gasteiger partial charge < -0.3 is 20.1 Å². The monoisotopic (exact) mass is 349 g/mol. The van der Waals surface area contributed by atoms with Gasteiger partial charge in [0.25, 0.3) is 0 Å². The van der Waals surface area contributed by atoms with Gasteiger partial charge in [0.05, 0.1) is 12.7 Å². The second kappa shape index (κ2) is 13.2. The van der Waals surface area contributed by atoms with Gasteiger partial charge in [-0.05, 0) is 32.3 Å². The Bertz CT molecular complexity index is 506. The Balaban J connectivity index is 2.08. The van der Waals surface area contributed by atoms with Crippen LogP contribution in [0.15, 0.2) is 35.3 Å². The SMILES string of the molecule is CCOC(=O)CCCNC(=NC)NCCCOC(C)c1ccccc1. The summed E-state index contributed by atoms with van der Waals surface area (Å²) in [5.41, 5.74) is 1.19. The summed E-state index contributed by atoms with van der Waals surface area (Å²) in [4.78, 5) is 15.4. The predicted octanol–water partition coefficient (Wildman–Crippen LogP) is 2.66. The van der Waals surface area contributed by atoms with Crippen LogP contribution in [0.2, 0.25) is 0 Å². The van der Waals surface area contributed by atoms with E-state index in [1.807, 2.05) is 25.1 Å². The lowest BCUT2D eigenvalue weighted by molar-refractivity contribution is -0.143. The van der Waals surface area contributed by atoms with Crippen LogP contribution in [0.3, 0.4) is 0 Å². The van der Waals surface area contributed by atoms with Crippen LogP contribution in [0.1, 0.15) is 44.8 Å². The molecule has 1 atom stereocenters. The standard InChI is InChI=1S/C19H31N3O3/c1-4-24-18(23)12-8-13-21-19(20-3)22-14-9-15-25-16(2)17-10-6-5-7-11-17/h5-7,10-11,16H,4,8-9,12-15H2,1-3H3,(H2,20,21,22). The third kappa shape index (κ3) is 9.72. The number of carbonyl (C=O) groups is 1. The summed E-state index contributed by atoms with van der Waals surface area (Å²) in [6, 6.07) is 10.2. The van der Waals surface area contributed by atoms with Crippen molar-refractivity contribution in [2.45, 2.75) is 39.2 Å². The molecular formula is C19H31N3O3. The molecule has 0 heterocycles. The van der Waals surface area contributed by atoms with Crippen molar-refractivity contribution in [2.75, 3.05) is 33.4 Å². The van der Waals surface area contributed by atoms with E-state index < -0.39 is 0 Å². The maximum atomic E-state index is 11.2. The summed E-state index contributed by atoms with van der Waals surface area (Å²) < 4.78 is 10.7. The zero-order chi connectivity index (χ0) is 18.3. The number of hydrogen-bond acceptors (Lipinski definition) is 4. The second-order valence-corrected chi connectivity index (χ2v) is 5.61. The fourth-order valence-corrected chi connectivity index (χ4v) is 2.25. The van der Waals surface area contributed by atoms with E-state index in [1.165, 1.54) is 5.56 Å². The van der Waals surface area contributed by atoms with Crippen LogP contribution in [0.5, 0.6) is 0 Å². The van der Waals surface area contributed by atoms with Crippen molar-refractivity contribution in [3.05, 3.63) is 35.9 Å². The van der Waals surface area contributed by atoms with Gasteiger partial charge in [0.2, 0.25) is 0 Å². The van der Waals surface area contributed by atoms with Crippen molar-refractivity contribution in [1.29, 1.82) is 0 Å². The molecule has 0 aromatic heterocycles.